The van der Waals surface area contributed by atoms with Gasteiger partial charge in [-0.2, -0.15) is 0 Å². The van der Waals surface area contributed by atoms with Gasteiger partial charge >= 0.3 is 0 Å². The topological polar surface area (TPSA) is 76.2 Å². The number of carbonyl (C=O) groups is 1. The standard InChI is InChI=1S/C24H30N2O5S/c1-30-17-16-26-22-6-4-3-5-21(22)24(23(26)27)11-13-25(14-12-24)15-18-31-19-7-9-20(10-8-19)32(2,28)29/h3-10H,11-18H2,1-2H3. The summed E-state index contributed by atoms with van der Waals surface area (Å²) in [4.78, 5) is 17.9. The van der Waals surface area contributed by atoms with Crippen molar-refractivity contribution in [2.75, 3.05) is 57.7 Å². The lowest BCUT2D eigenvalue weighted by atomic mass is 9.73. The fraction of sp³-hybridized carbons (Fsp3) is 0.458. The molecular weight excluding hydrogens is 428 g/mol. The van der Waals surface area contributed by atoms with Crippen molar-refractivity contribution in [2.45, 2.75) is 23.2 Å². The zero-order valence-electron chi connectivity index (χ0n) is 18.6. The van der Waals surface area contributed by atoms with Gasteiger partial charge in [-0.15, -0.1) is 0 Å². The van der Waals surface area contributed by atoms with Gasteiger partial charge in [0.05, 0.1) is 16.9 Å². The van der Waals surface area contributed by atoms with Crippen molar-refractivity contribution in [1.82, 2.24) is 4.90 Å². The lowest BCUT2D eigenvalue weighted by Crippen LogP contribution is -2.49. The highest BCUT2D eigenvalue weighted by molar-refractivity contribution is 7.90. The second-order valence-electron chi connectivity index (χ2n) is 8.48. The van der Waals surface area contributed by atoms with E-state index >= 15 is 0 Å². The molecule has 1 amide bonds. The third-order valence-electron chi connectivity index (χ3n) is 6.52. The van der Waals surface area contributed by atoms with Crippen molar-refractivity contribution in [3.63, 3.8) is 0 Å². The molecule has 0 bridgehead atoms. The third kappa shape index (κ3) is 4.40. The molecule has 4 rings (SSSR count). The maximum absolute atomic E-state index is 13.4. The van der Waals surface area contributed by atoms with Crippen LogP contribution in [-0.4, -0.2) is 72.0 Å². The van der Waals surface area contributed by atoms with Crippen LogP contribution in [0.1, 0.15) is 18.4 Å². The fourth-order valence-corrected chi connectivity index (χ4v) is 5.35. The molecule has 0 N–H and O–H groups in total. The number of anilines is 1. The smallest absolute Gasteiger partial charge is 0.237 e. The quantitative estimate of drug-likeness (QED) is 0.605. The van der Waals surface area contributed by atoms with E-state index in [1.165, 1.54) is 6.26 Å². The molecule has 7 nitrogen and oxygen atoms in total. The van der Waals surface area contributed by atoms with E-state index in [1.807, 2.05) is 23.1 Å². The number of fused-ring (bicyclic) bond motifs is 2. The molecule has 1 saturated heterocycles. The Morgan fingerprint density at radius 3 is 2.31 bits per heavy atom. The number of hydrogen-bond acceptors (Lipinski definition) is 6. The Morgan fingerprint density at radius 2 is 1.66 bits per heavy atom. The molecule has 0 unspecified atom stereocenters. The molecule has 0 saturated carbocycles. The first-order chi connectivity index (χ1) is 15.3. The van der Waals surface area contributed by atoms with Gasteiger partial charge in [0.2, 0.25) is 5.91 Å². The minimum atomic E-state index is -3.21. The van der Waals surface area contributed by atoms with Crippen LogP contribution in [0.3, 0.4) is 0 Å². The first-order valence-electron chi connectivity index (χ1n) is 10.9. The van der Waals surface area contributed by atoms with Gasteiger partial charge in [0.1, 0.15) is 12.4 Å². The van der Waals surface area contributed by atoms with Gasteiger partial charge < -0.3 is 14.4 Å². The maximum Gasteiger partial charge on any atom is 0.237 e. The number of benzene rings is 2. The molecule has 1 spiro atoms. The average molecular weight is 459 g/mol. The Kier molecular flexibility index (Phi) is 6.55. The Bertz CT molecular complexity index is 1060. The summed E-state index contributed by atoms with van der Waals surface area (Å²) in [5, 5.41) is 0. The SMILES string of the molecule is COCCN1C(=O)C2(CCN(CCOc3ccc(S(C)(=O)=O)cc3)CC2)c2ccccc21. The van der Waals surface area contributed by atoms with Crippen LogP contribution < -0.4 is 9.64 Å². The molecule has 2 aromatic rings. The van der Waals surface area contributed by atoms with Gasteiger partial charge in [0.15, 0.2) is 9.84 Å². The minimum absolute atomic E-state index is 0.192. The number of para-hydroxylation sites is 1. The molecule has 8 heteroatoms. The lowest BCUT2D eigenvalue weighted by Gasteiger charge is -2.38. The number of nitrogens with zero attached hydrogens (tertiary/aromatic N) is 2. The van der Waals surface area contributed by atoms with Crippen LogP contribution in [-0.2, 0) is 24.8 Å². The van der Waals surface area contributed by atoms with E-state index in [-0.39, 0.29) is 10.8 Å². The Balaban J connectivity index is 1.34. The number of methoxy groups -OCH3 is 1. The van der Waals surface area contributed by atoms with Crippen LogP contribution >= 0.6 is 0 Å². The van der Waals surface area contributed by atoms with E-state index in [4.69, 9.17) is 9.47 Å². The molecule has 2 aliphatic heterocycles. The molecular formula is C24H30N2O5S. The zero-order valence-corrected chi connectivity index (χ0v) is 19.4. The lowest BCUT2D eigenvalue weighted by molar-refractivity contribution is -0.125. The largest absolute Gasteiger partial charge is 0.492 e. The van der Waals surface area contributed by atoms with Crippen LogP contribution in [0.4, 0.5) is 5.69 Å². The number of carbonyl (C=O) groups excluding carboxylic acids is 1. The van der Waals surface area contributed by atoms with Crippen LogP contribution in [0, 0.1) is 0 Å². The van der Waals surface area contributed by atoms with Crippen LogP contribution in [0.15, 0.2) is 53.4 Å². The van der Waals surface area contributed by atoms with Gasteiger partial charge in [-0.3, -0.25) is 9.69 Å². The minimum Gasteiger partial charge on any atom is -0.492 e. The van der Waals surface area contributed by atoms with E-state index in [0.717, 1.165) is 43.7 Å². The fourth-order valence-electron chi connectivity index (χ4n) is 4.72. The summed E-state index contributed by atoms with van der Waals surface area (Å²) < 4.78 is 34.2. The van der Waals surface area contributed by atoms with Crippen LogP contribution in [0.2, 0.25) is 0 Å². The number of sulfone groups is 1. The first kappa shape index (κ1) is 22.8. The van der Waals surface area contributed by atoms with Crippen molar-refractivity contribution in [1.29, 1.82) is 0 Å². The molecule has 1 fully saturated rings. The van der Waals surface area contributed by atoms with E-state index in [9.17, 15) is 13.2 Å². The number of likely N-dealkylation sites (tertiary alicyclic amines) is 1. The number of rotatable bonds is 8. The highest BCUT2D eigenvalue weighted by Crippen LogP contribution is 2.47. The highest BCUT2D eigenvalue weighted by atomic mass is 32.2. The van der Waals surface area contributed by atoms with Gasteiger partial charge in [0.25, 0.3) is 0 Å². The summed E-state index contributed by atoms with van der Waals surface area (Å²) in [5.41, 5.74) is 1.72. The predicted octanol–water partition coefficient (Wildman–Crippen LogP) is 2.50. The Morgan fingerprint density at radius 1 is 0.969 bits per heavy atom. The average Bonchev–Trinajstić information content (AvgIpc) is 3.01. The summed E-state index contributed by atoms with van der Waals surface area (Å²) >= 11 is 0. The molecule has 2 aliphatic rings. The van der Waals surface area contributed by atoms with Gasteiger partial charge in [-0.1, -0.05) is 18.2 Å². The Hall–Kier alpha value is -2.42. The van der Waals surface area contributed by atoms with E-state index in [1.54, 1.807) is 31.4 Å². The zero-order chi connectivity index (χ0) is 22.8. The molecule has 0 aliphatic carbocycles. The van der Waals surface area contributed by atoms with Crippen molar-refractivity contribution in [2.24, 2.45) is 0 Å². The molecule has 32 heavy (non-hydrogen) atoms. The van der Waals surface area contributed by atoms with Crippen molar-refractivity contribution in [3.8, 4) is 5.75 Å². The Labute approximate surface area is 189 Å². The molecule has 0 aromatic heterocycles. The highest BCUT2D eigenvalue weighted by Gasteiger charge is 2.51. The number of hydrogen-bond donors (Lipinski definition) is 0. The van der Waals surface area contributed by atoms with Crippen LogP contribution in [0.5, 0.6) is 5.75 Å². The molecule has 2 heterocycles. The van der Waals surface area contributed by atoms with Crippen molar-refractivity contribution in [3.05, 3.63) is 54.1 Å². The predicted molar refractivity (Wildman–Crippen MR) is 123 cm³/mol. The van der Waals surface area contributed by atoms with Gasteiger partial charge in [-0.25, -0.2) is 8.42 Å². The first-order valence-corrected chi connectivity index (χ1v) is 12.8. The molecule has 0 radical (unpaired) electrons. The van der Waals surface area contributed by atoms with Gasteiger partial charge in [0, 0.05) is 32.1 Å². The van der Waals surface area contributed by atoms with Crippen molar-refractivity contribution < 1.29 is 22.7 Å². The van der Waals surface area contributed by atoms with E-state index in [0.29, 0.717) is 25.5 Å². The second-order valence-corrected chi connectivity index (χ2v) is 10.5. The molecule has 2 aromatic carbocycles. The monoisotopic (exact) mass is 458 g/mol. The summed E-state index contributed by atoms with van der Waals surface area (Å²) in [6.07, 6.45) is 2.76. The summed E-state index contributed by atoms with van der Waals surface area (Å²) in [5.74, 6) is 0.845. The van der Waals surface area contributed by atoms with Crippen molar-refractivity contribution >= 4 is 21.4 Å². The maximum atomic E-state index is 13.4. The normalized spacial score (nSPS) is 18.2. The third-order valence-corrected chi connectivity index (χ3v) is 7.65. The van der Waals surface area contributed by atoms with Crippen LogP contribution in [0.25, 0.3) is 0 Å². The van der Waals surface area contributed by atoms with E-state index < -0.39 is 15.3 Å². The number of amides is 1. The van der Waals surface area contributed by atoms with Gasteiger partial charge in [-0.05, 0) is 61.8 Å². The molecule has 172 valence electrons. The molecule has 0 atom stereocenters. The summed E-state index contributed by atoms with van der Waals surface area (Å²) in [6.45, 7) is 4.01. The summed E-state index contributed by atoms with van der Waals surface area (Å²) in [7, 11) is -1.55. The summed E-state index contributed by atoms with van der Waals surface area (Å²) in [6, 6.07) is 14.6. The second kappa shape index (κ2) is 9.21. The van der Waals surface area contributed by atoms with E-state index in [2.05, 4.69) is 11.0 Å². The number of ether oxygens (including phenoxy) is 2. The number of piperidine rings is 1.